The lowest BCUT2D eigenvalue weighted by atomic mass is 9.92. The van der Waals surface area contributed by atoms with Crippen LogP contribution in [0.1, 0.15) is 36.5 Å². The number of nitrogens with one attached hydrogen (secondary N) is 1. The Morgan fingerprint density at radius 1 is 1.08 bits per heavy atom. The van der Waals surface area contributed by atoms with Crippen molar-refractivity contribution in [2.75, 3.05) is 10.6 Å². The van der Waals surface area contributed by atoms with Crippen molar-refractivity contribution in [3.05, 3.63) is 83.2 Å². The second-order valence-electron chi connectivity index (χ2n) is 8.83. The maximum absolute atomic E-state index is 13.5. The maximum atomic E-state index is 13.5. The number of benzene rings is 3. The Labute approximate surface area is 210 Å². The quantitative estimate of drug-likeness (QED) is 0.387. The summed E-state index contributed by atoms with van der Waals surface area (Å²) in [6.07, 6.45) is -5.61. The monoisotopic (exact) mass is 513 g/mol. The summed E-state index contributed by atoms with van der Waals surface area (Å²) >= 11 is 0. The van der Waals surface area contributed by atoms with Crippen LogP contribution in [0, 0.1) is 5.82 Å². The van der Waals surface area contributed by atoms with E-state index in [0.29, 0.717) is 28.4 Å². The first-order valence-corrected chi connectivity index (χ1v) is 11.4. The Kier molecular flexibility index (Phi) is 6.77. The minimum atomic E-state index is -4.87. The molecular formula is C27H23F4N3O3. The highest BCUT2D eigenvalue weighted by Crippen LogP contribution is 2.44. The third-order valence-corrected chi connectivity index (χ3v) is 6.30. The smallest absolute Gasteiger partial charge is 0.398 e. The number of anilines is 2. The fraction of sp³-hybridized carbons (Fsp3) is 0.222. The highest BCUT2D eigenvalue weighted by atomic mass is 19.4. The molecule has 4 rings (SSSR count). The molecule has 192 valence electrons. The summed E-state index contributed by atoms with van der Waals surface area (Å²) in [6.45, 7) is 2.98. The summed E-state index contributed by atoms with van der Waals surface area (Å²) in [4.78, 5) is 40.6. The van der Waals surface area contributed by atoms with Crippen molar-refractivity contribution in [2.45, 2.75) is 38.4 Å². The number of amides is 3. The van der Waals surface area contributed by atoms with Gasteiger partial charge < -0.3 is 11.1 Å². The van der Waals surface area contributed by atoms with Crippen molar-refractivity contribution in [3.63, 3.8) is 0 Å². The lowest BCUT2D eigenvalue weighted by Crippen LogP contribution is -2.50. The van der Waals surface area contributed by atoms with Gasteiger partial charge in [-0.15, -0.1) is 0 Å². The first-order chi connectivity index (χ1) is 17.4. The molecular weight excluding hydrogens is 490 g/mol. The van der Waals surface area contributed by atoms with E-state index in [2.05, 4.69) is 5.32 Å². The predicted molar refractivity (Wildman–Crippen MR) is 130 cm³/mol. The summed E-state index contributed by atoms with van der Waals surface area (Å²) < 4.78 is 53.3. The molecule has 2 atom stereocenters. The Hall–Kier alpha value is -4.21. The molecule has 10 heteroatoms. The minimum absolute atomic E-state index is 0.241. The van der Waals surface area contributed by atoms with E-state index in [-0.39, 0.29) is 5.69 Å². The highest BCUT2D eigenvalue weighted by Gasteiger charge is 2.38. The topological polar surface area (TPSA) is 92.5 Å². The van der Waals surface area contributed by atoms with Crippen molar-refractivity contribution < 1.29 is 31.9 Å². The maximum Gasteiger partial charge on any atom is 0.416 e. The standard InChI is InChI=1S/C27H23F4N3O3/c1-14-18-6-3-4-7-19(18)24-21(32)8-5-9-22(24)34(25(14)36)26(37)15(2)33-23(35)12-16-10-11-17(28)13-20(16)27(29,30)31/h3-11,13-15H,12,32H2,1-2H3,(H,33,35)/t14?,15-/m0/s1. The zero-order valence-corrected chi connectivity index (χ0v) is 19.9. The van der Waals surface area contributed by atoms with Gasteiger partial charge in [0.1, 0.15) is 11.9 Å². The number of nitrogens with two attached hydrogens (primary N) is 1. The van der Waals surface area contributed by atoms with Crippen LogP contribution in [0.3, 0.4) is 0 Å². The van der Waals surface area contributed by atoms with Crippen molar-refractivity contribution in [1.82, 2.24) is 5.32 Å². The first kappa shape index (κ1) is 25.9. The van der Waals surface area contributed by atoms with E-state index in [1.807, 2.05) is 0 Å². The molecule has 1 heterocycles. The van der Waals surface area contributed by atoms with Gasteiger partial charge in [-0.1, -0.05) is 36.4 Å². The molecule has 3 aromatic carbocycles. The number of rotatable bonds is 4. The van der Waals surface area contributed by atoms with Crippen LogP contribution in [-0.2, 0) is 27.0 Å². The van der Waals surface area contributed by atoms with Gasteiger partial charge in [-0.2, -0.15) is 13.2 Å². The number of hydrogen-bond acceptors (Lipinski definition) is 4. The summed E-state index contributed by atoms with van der Waals surface area (Å²) in [7, 11) is 0. The highest BCUT2D eigenvalue weighted by molar-refractivity contribution is 6.22. The molecule has 0 radical (unpaired) electrons. The van der Waals surface area contributed by atoms with Crippen LogP contribution < -0.4 is 16.0 Å². The van der Waals surface area contributed by atoms with E-state index in [4.69, 9.17) is 5.73 Å². The zero-order valence-electron chi connectivity index (χ0n) is 19.9. The van der Waals surface area contributed by atoms with Crippen LogP contribution in [0.4, 0.5) is 28.9 Å². The molecule has 0 aromatic heterocycles. The SMILES string of the molecule is CC1C(=O)N(C(=O)[C@H](C)NC(=O)Cc2ccc(F)cc2C(F)(F)F)c2cccc(N)c2-c2ccccc21. The Morgan fingerprint density at radius 3 is 2.49 bits per heavy atom. The van der Waals surface area contributed by atoms with Crippen LogP contribution in [0.25, 0.3) is 11.1 Å². The molecule has 0 saturated heterocycles. The van der Waals surface area contributed by atoms with E-state index < -0.39 is 59.2 Å². The zero-order chi connectivity index (χ0) is 27.1. The second kappa shape index (κ2) is 9.68. The average Bonchev–Trinajstić information content (AvgIpc) is 2.93. The van der Waals surface area contributed by atoms with Gasteiger partial charge in [0.15, 0.2) is 0 Å². The second-order valence-corrected chi connectivity index (χ2v) is 8.83. The van der Waals surface area contributed by atoms with Crippen molar-refractivity contribution in [3.8, 4) is 11.1 Å². The fourth-order valence-electron chi connectivity index (χ4n) is 4.50. The predicted octanol–water partition coefficient (Wildman–Crippen LogP) is 4.82. The van der Waals surface area contributed by atoms with Gasteiger partial charge in [0.25, 0.3) is 5.91 Å². The van der Waals surface area contributed by atoms with Crippen LogP contribution in [0.15, 0.2) is 60.7 Å². The van der Waals surface area contributed by atoms with E-state index in [9.17, 15) is 31.9 Å². The molecule has 37 heavy (non-hydrogen) atoms. The van der Waals surface area contributed by atoms with Gasteiger partial charge in [0, 0.05) is 11.3 Å². The molecule has 1 unspecified atom stereocenters. The van der Waals surface area contributed by atoms with Crippen LogP contribution in [-0.4, -0.2) is 23.8 Å². The summed E-state index contributed by atoms with van der Waals surface area (Å²) in [5, 5.41) is 2.37. The number of nitrogens with zero attached hydrogens (tertiary/aromatic N) is 1. The molecule has 3 aromatic rings. The van der Waals surface area contributed by atoms with Crippen molar-refractivity contribution in [2.24, 2.45) is 0 Å². The van der Waals surface area contributed by atoms with E-state index in [1.165, 1.54) is 6.92 Å². The molecule has 0 bridgehead atoms. The molecule has 1 aliphatic rings. The first-order valence-electron chi connectivity index (χ1n) is 11.4. The average molecular weight is 513 g/mol. The van der Waals surface area contributed by atoms with Gasteiger partial charge >= 0.3 is 6.18 Å². The van der Waals surface area contributed by atoms with E-state index in [0.717, 1.165) is 17.0 Å². The van der Waals surface area contributed by atoms with Crippen molar-refractivity contribution >= 4 is 29.1 Å². The molecule has 0 aliphatic carbocycles. The molecule has 3 N–H and O–H groups in total. The third kappa shape index (κ3) is 4.91. The number of alkyl halides is 3. The molecule has 6 nitrogen and oxygen atoms in total. The number of fused-ring (bicyclic) bond motifs is 3. The lowest BCUT2D eigenvalue weighted by Gasteiger charge is -2.26. The van der Waals surface area contributed by atoms with Gasteiger partial charge in [-0.05, 0) is 54.8 Å². The molecule has 3 amide bonds. The molecule has 0 spiro atoms. The number of carbonyl (C=O) groups excluding carboxylic acids is 3. The minimum Gasteiger partial charge on any atom is -0.398 e. The van der Waals surface area contributed by atoms with E-state index in [1.54, 1.807) is 49.4 Å². The number of nitrogen functional groups attached to an aromatic ring is 1. The summed E-state index contributed by atoms with van der Waals surface area (Å²) in [5.41, 5.74) is 6.97. The number of imide groups is 1. The van der Waals surface area contributed by atoms with Gasteiger partial charge in [-0.25, -0.2) is 9.29 Å². The van der Waals surface area contributed by atoms with Gasteiger partial charge in [-0.3, -0.25) is 14.4 Å². The molecule has 0 saturated carbocycles. The van der Waals surface area contributed by atoms with Crippen LogP contribution in [0.5, 0.6) is 0 Å². The Bertz CT molecular complexity index is 1400. The fourth-order valence-corrected chi connectivity index (χ4v) is 4.50. The summed E-state index contributed by atoms with van der Waals surface area (Å²) in [5.74, 6) is -4.03. The third-order valence-electron chi connectivity index (χ3n) is 6.30. The molecule has 0 fully saturated rings. The van der Waals surface area contributed by atoms with Crippen LogP contribution >= 0.6 is 0 Å². The molecule has 1 aliphatic heterocycles. The Morgan fingerprint density at radius 2 is 1.78 bits per heavy atom. The Balaban J connectivity index is 1.63. The largest absolute Gasteiger partial charge is 0.416 e. The number of halogens is 4. The van der Waals surface area contributed by atoms with Gasteiger partial charge in [0.05, 0.1) is 23.6 Å². The van der Waals surface area contributed by atoms with Crippen LogP contribution in [0.2, 0.25) is 0 Å². The van der Waals surface area contributed by atoms with Gasteiger partial charge in [0.2, 0.25) is 11.8 Å². The normalized spacial score (nSPS) is 15.9. The summed E-state index contributed by atoms with van der Waals surface area (Å²) in [6, 6.07) is 12.7. The number of carbonyl (C=O) groups is 3. The number of hydrogen-bond donors (Lipinski definition) is 2. The van der Waals surface area contributed by atoms with E-state index >= 15 is 0 Å². The van der Waals surface area contributed by atoms with Crippen molar-refractivity contribution in [1.29, 1.82) is 0 Å². The lowest BCUT2D eigenvalue weighted by molar-refractivity contribution is -0.138.